The fraction of sp³-hybridized carbons (Fsp3) is 0. The quantitative estimate of drug-likeness (QED) is 0.765. The number of hydrogen-bond donors (Lipinski definition) is 2. The summed E-state index contributed by atoms with van der Waals surface area (Å²) in [4.78, 5) is 35.2. The highest BCUT2D eigenvalue weighted by Gasteiger charge is 2.16. The van der Waals surface area contributed by atoms with Gasteiger partial charge in [-0.1, -0.05) is 23.7 Å². The van der Waals surface area contributed by atoms with Crippen molar-refractivity contribution in [3.63, 3.8) is 0 Å². The molecule has 0 radical (unpaired) electrons. The van der Waals surface area contributed by atoms with Crippen molar-refractivity contribution in [1.29, 1.82) is 0 Å². The molecule has 0 atom stereocenters. The molecule has 23 heavy (non-hydrogen) atoms. The van der Waals surface area contributed by atoms with Crippen LogP contribution in [0, 0.1) is 0 Å². The van der Waals surface area contributed by atoms with Gasteiger partial charge in [-0.3, -0.25) is 4.79 Å². The predicted octanol–water partition coefficient (Wildman–Crippen LogP) is 2.63. The monoisotopic (exact) mass is 328 g/mol. The van der Waals surface area contributed by atoms with E-state index in [4.69, 9.17) is 16.7 Å². The van der Waals surface area contributed by atoms with Crippen LogP contribution in [-0.2, 0) is 0 Å². The lowest BCUT2D eigenvalue weighted by Gasteiger charge is -2.07. The maximum atomic E-state index is 12.3. The molecule has 0 spiro atoms. The number of nitrogens with one attached hydrogen (secondary N) is 1. The zero-order chi connectivity index (χ0) is 16.4. The molecule has 0 unspecified atom stereocenters. The summed E-state index contributed by atoms with van der Waals surface area (Å²) in [6.45, 7) is 0. The molecule has 3 aromatic rings. The maximum Gasteiger partial charge on any atom is 0.354 e. The minimum Gasteiger partial charge on any atom is -0.477 e. The number of carboxylic acids is 1. The summed E-state index contributed by atoms with van der Waals surface area (Å²) in [6, 6.07) is 9.71. The number of anilines is 1. The molecular formula is C15H9ClN4O3. The summed E-state index contributed by atoms with van der Waals surface area (Å²) in [5, 5.41) is 11.4. The number of para-hydroxylation sites is 2. The molecule has 114 valence electrons. The van der Waals surface area contributed by atoms with Crippen LogP contribution < -0.4 is 5.32 Å². The molecule has 0 saturated carbocycles. The smallest absolute Gasteiger partial charge is 0.354 e. The molecule has 0 aliphatic heterocycles. The average Bonchev–Trinajstić information content (AvgIpc) is 2.54. The number of aromatic carboxylic acids is 1. The van der Waals surface area contributed by atoms with Crippen LogP contribution in [0.4, 0.5) is 5.69 Å². The molecule has 3 rings (SSSR count). The molecule has 0 bridgehead atoms. The fourth-order valence-electron chi connectivity index (χ4n) is 1.94. The molecule has 0 aliphatic carbocycles. The number of fused-ring (bicyclic) bond motifs is 1. The number of benzene rings is 1. The van der Waals surface area contributed by atoms with Crippen molar-refractivity contribution in [3.05, 3.63) is 59.1 Å². The van der Waals surface area contributed by atoms with E-state index in [-0.39, 0.29) is 22.2 Å². The van der Waals surface area contributed by atoms with Gasteiger partial charge in [-0.2, -0.15) is 0 Å². The van der Waals surface area contributed by atoms with E-state index in [0.717, 1.165) is 0 Å². The molecule has 8 heteroatoms. The van der Waals surface area contributed by atoms with Crippen LogP contribution in [0.15, 0.2) is 42.6 Å². The van der Waals surface area contributed by atoms with Gasteiger partial charge in [-0.05, 0) is 24.3 Å². The van der Waals surface area contributed by atoms with Gasteiger partial charge in [0.15, 0.2) is 10.8 Å². The highest BCUT2D eigenvalue weighted by Crippen LogP contribution is 2.18. The van der Waals surface area contributed by atoms with Crippen LogP contribution in [0.5, 0.6) is 0 Å². The number of nitrogens with zero attached hydrogens (tertiary/aromatic N) is 3. The van der Waals surface area contributed by atoms with E-state index in [1.807, 2.05) is 0 Å². The van der Waals surface area contributed by atoms with E-state index in [2.05, 4.69) is 20.3 Å². The van der Waals surface area contributed by atoms with Crippen molar-refractivity contribution >= 4 is 40.2 Å². The Bertz CT molecular complexity index is 929. The first-order chi connectivity index (χ1) is 11.0. The minimum atomic E-state index is -1.19. The van der Waals surface area contributed by atoms with Gasteiger partial charge >= 0.3 is 5.97 Å². The van der Waals surface area contributed by atoms with Crippen LogP contribution in [-0.4, -0.2) is 31.9 Å². The molecule has 1 amide bonds. The first-order valence-corrected chi connectivity index (χ1v) is 6.85. The van der Waals surface area contributed by atoms with Crippen molar-refractivity contribution in [3.8, 4) is 0 Å². The van der Waals surface area contributed by atoms with Gasteiger partial charge in [0, 0.05) is 11.9 Å². The number of halogens is 1. The first kappa shape index (κ1) is 14.9. The summed E-state index contributed by atoms with van der Waals surface area (Å²) in [5.41, 5.74) is 1.15. The number of carbonyl (C=O) groups excluding carboxylic acids is 1. The SMILES string of the molecule is O=C(O)c1cc(NC(=O)c2nc3ccccc3nc2Cl)ccn1. The average molecular weight is 329 g/mol. The van der Waals surface area contributed by atoms with Gasteiger partial charge in [0.1, 0.15) is 5.69 Å². The van der Waals surface area contributed by atoms with Crippen molar-refractivity contribution in [2.75, 3.05) is 5.32 Å². The van der Waals surface area contributed by atoms with Gasteiger partial charge in [-0.25, -0.2) is 19.7 Å². The van der Waals surface area contributed by atoms with Gasteiger partial charge < -0.3 is 10.4 Å². The van der Waals surface area contributed by atoms with Crippen LogP contribution in [0.2, 0.25) is 5.15 Å². The van der Waals surface area contributed by atoms with Gasteiger partial charge in [0.2, 0.25) is 0 Å². The summed E-state index contributed by atoms with van der Waals surface area (Å²) in [7, 11) is 0. The van der Waals surface area contributed by atoms with Crippen LogP contribution in [0.3, 0.4) is 0 Å². The third-order valence-corrected chi connectivity index (χ3v) is 3.24. The molecule has 0 saturated heterocycles. The Labute approximate surface area is 135 Å². The third kappa shape index (κ3) is 3.09. The number of rotatable bonds is 3. The molecule has 2 aromatic heterocycles. The standard InChI is InChI=1S/C15H9ClN4O3/c16-13-12(19-9-3-1-2-4-10(9)20-13)14(21)18-8-5-6-17-11(7-8)15(22)23/h1-7H,(H,22,23)(H,17,18,21). The molecule has 2 heterocycles. The molecule has 2 N–H and O–H groups in total. The number of aromatic nitrogens is 3. The fourth-order valence-corrected chi connectivity index (χ4v) is 2.16. The van der Waals surface area contributed by atoms with Crippen molar-refractivity contribution in [2.45, 2.75) is 0 Å². The van der Waals surface area contributed by atoms with Crippen molar-refractivity contribution in [1.82, 2.24) is 15.0 Å². The third-order valence-electron chi connectivity index (χ3n) is 2.98. The Morgan fingerprint density at radius 2 is 1.78 bits per heavy atom. The lowest BCUT2D eigenvalue weighted by molar-refractivity contribution is 0.0690. The summed E-state index contributed by atoms with van der Waals surface area (Å²) in [5.74, 6) is -1.78. The Balaban J connectivity index is 1.93. The second kappa shape index (κ2) is 5.98. The summed E-state index contributed by atoms with van der Waals surface area (Å²) >= 11 is 6.01. The van der Waals surface area contributed by atoms with Crippen molar-refractivity contribution < 1.29 is 14.7 Å². The van der Waals surface area contributed by atoms with E-state index < -0.39 is 11.9 Å². The van der Waals surface area contributed by atoms with E-state index in [9.17, 15) is 9.59 Å². The van der Waals surface area contributed by atoms with Crippen LogP contribution >= 0.6 is 11.6 Å². The van der Waals surface area contributed by atoms with Crippen LogP contribution in [0.25, 0.3) is 11.0 Å². The van der Waals surface area contributed by atoms with E-state index in [0.29, 0.717) is 11.0 Å². The number of pyridine rings is 1. The van der Waals surface area contributed by atoms with Gasteiger partial charge in [0.25, 0.3) is 5.91 Å². The summed E-state index contributed by atoms with van der Waals surface area (Å²) < 4.78 is 0. The minimum absolute atomic E-state index is 0.0336. The van der Waals surface area contributed by atoms with E-state index in [1.54, 1.807) is 24.3 Å². The Morgan fingerprint density at radius 3 is 2.48 bits per heavy atom. The number of carboxylic acid groups (broad SMARTS) is 1. The lowest BCUT2D eigenvalue weighted by atomic mass is 10.2. The Morgan fingerprint density at radius 1 is 1.09 bits per heavy atom. The molecule has 7 nitrogen and oxygen atoms in total. The van der Waals surface area contributed by atoms with Crippen LogP contribution in [0.1, 0.15) is 21.0 Å². The van der Waals surface area contributed by atoms with E-state index in [1.165, 1.54) is 18.3 Å². The second-order valence-corrected chi connectivity index (χ2v) is 4.90. The summed E-state index contributed by atoms with van der Waals surface area (Å²) in [6.07, 6.45) is 1.28. The first-order valence-electron chi connectivity index (χ1n) is 6.47. The highest BCUT2D eigenvalue weighted by molar-refractivity contribution is 6.33. The largest absolute Gasteiger partial charge is 0.477 e. The zero-order valence-electron chi connectivity index (χ0n) is 11.5. The topological polar surface area (TPSA) is 105 Å². The zero-order valence-corrected chi connectivity index (χ0v) is 12.3. The predicted molar refractivity (Wildman–Crippen MR) is 83.7 cm³/mol. The number of amides is 1. The van der Waals surface area contributed by atoms with Crippen molar-refractivity contribution in [2.24, 2.45) is 0 Å². The number of hydrogen-bond acceptors (Lipinski definition) is 5. The molecular weight excluding hydrogens is 320 g/mol. The number of carbonyl (C=O) groups is 2. The van der Waals surface area contributed by atoms with E-state index >= 15 is 0 Å². The van der Waals surface area contributed by atoms with Gasteiger partial charge in [-0.15, -0.1) is 0 Å². The Kier molecular flexibility index (Phi) is 3.86. The normalized spacial score (nSPS) is 10.5. The molecule has 1 aromatic carbocycles. The lowest BCUT2D eigenvalue weighted by Crippen LogP contribution is -2.15. The highest BCUT2D eigenvalue weighted by atomic mass is 35.5. The molecule has 0 aliphatic rings. The molecule has 0 fully saturated rings. The van der Waals surface area contributed by atoms with Gasteiger partial charge in [0.05, 0.1) is 11.0 Å². The Hall–Kier alpha value is -3.06. The maximum absolute atomic E-state index is 12.3. The second-order valence-electron chi connectivity index (χ2n) is 4.54.